The maximum atomic E-state index is 13.6. The average Bonchev–Trinajstić information content (AvgIpc) is 3.40. The molecule has 8 nitrogen and oxygen atoms in total. The fourth-order valence-corrected chi connectivity index (χ4v) is 5.97. The van der Waals surface area contributed by atoms with Crippen LogP contribution in [0.1, 0.15) is 43.5 Å². The van der Waals surface area contributed by atoms with Crippen LogP contribution < -0.4 is 14.7 Å². The summed E-state index contributed by atoms with van der Waals surface area (Å²) in [6.45, 7) is 11.7. The largest absolute Gasteiger partial charge is 0.733 e. The second-order valence-corrected chi connectivity index (χ2v) is 10.4. The van der Waals surface area contributed by atoms with Crippen molar-refractivity contribution in [2.75, 3.05) is 12.0 Å². The Balaban J connectivity index is 1.54. The van der Waals surface area contributed by atoms with Crippen LogP contribution in [0.25, 0.3) is 21.5 Å². The van der Waals surface area contributed by atoms with E-state index >= 15 is 0 Å². The van der Waals surface area contributed by atoms with Gasteiger partial charge in [0.15, 0.2) is 11.5 Å². The Morgan fingerprint density at radius 1 is 1.31 bits per heavy atom. The summed E-state index contributed by atoms with van der Waals surface area (Å²) in [5.41, 5.74) is 1.04. The SMILES string of the molecule is C=CC1(C)CCC=C(CC(C)OC(=O)c2cc3c(c4c2c(N([O-])O)cc2ccccc24)OCO3)C1C(=C)C=O. The molecule has 0 spiro atoms. The predicted octanol–water partition coefficient (Wildman–Crippen LogP) is 6.63. The number of ether oxygens (including phenoxy) is 3. The van der Waals surface area contributed by atoms with E-state index in [2.05, 4.69) is 26.2 Å². The van der Waals surface area contributed by atoms with Crippen LogP contribution in [0.15, 0.2) is 72.9 Å². The molecule has 8 heteroatoms. The molecule has 0 fully saturated rings. The van der Waals surface area contributed by atoms with Gasteiger partial charge < -0.3 is 24.6 Å². The summed E-state index contributed by atoms with van der Waals surface area (Å²) >= 11 is 0. The lowest BCUT2D eigenvalue weighted by Gasteiger charge is -2.40. The van der Waals surface area contributed by atoms with Crippen molar-refractivity contribution in [2.45, 2.75) is 39.2 Å². The first-order valence-electron chi connectivity index (χ1n) is 12.8. The molecule has 3 aromatic carbocycles. The van der Waals surface area contributed by atoms with E-state index in [1.165, 1.54) is 12.1 Å². The zero-order valence-electron chi connectivity index (χ0n) is 21.9. The minimum absolute atomic E-state index is 0.0453. The fraction of sp³-hybridized carbons (Fsp3) is 0.290. The number of esters is 1. The van der Waals surface area contributed by atoms with Gasteiger partial charge in [-0.3, -0.25) is 10.0 Å². The maximum Gasteiger partial charge on any atom is 0.339 e. The lowest BCUT2D eigenvalue weighted by molar-refractivity contribution is -0.105. The van der Waals surface area contributed by atoms with Crippen molar-refractivity contribution < 1.29 is 29.0 Å². The van der Waals surface area contributed by atoms with Crippen LogP contribution in [0.3, 0.4) is 0 Å². The molecule has 202 valence electrons. The van der Waals surface area contributed by atoms with Crippen LogP contribution in [-0.4, -0.2) is 30.4 Å². The zero-order valence-corrected chi connectivity index (χ0v) is 21.9. The number of rotatable bonds is 8. The molecule has 0 bridgehead atoms. The Labute approximate surface area is 226 Å². The fourth-order valence-electron chi connectivity index (χ4n) is 5.97. The van der Waals surface area contributed by atoms with Crippen molar-refractivity contribution in [1.82, 2.24) is 0 Å². The number of hydrogen-bond donors (Lipinski definition) is 1. The second-order valence-electron chi connectivity index (χ2n) is 10.4. The molecule has 0 radical (unpaired) electrons. The molecule has 3 atom stereocenters. The van der Waals surface area contributed by atoms with Crippen molar-refractivity contribution in [3.05, 3.63) is 83.6 Å². The highest BCUT2D eigenvalue weighted by molar-refractivity contribution is 6.22. The average molecular weight is 529 g/mol. The summed E-state index contributed by atoms with van der Waals surface area (Å²) in [6, 6.07) is 10.3. The van der Waals surface area contributed by atoms with E-state index in [9.17, 15) is 20.0 Å². The van der Waals surface area contributed by atoms with Crippen molar-refractivity contribution in [1.29, 1.82) is 0 Å². The number of aldehydes is 1. The standard InChI is InChI=1S/C31H30NO7/c1-5-31(4)12-8-10-21(28(31)18(2)16-33)13-19(3)39-30(34)23-15-25-29(38-17-37-25)27-22-11-7-6-9-20(22)14-24(26(23)27)32(35)36/h5-7,9-11,14-16,19,28,35H,1-2,8,12-13,17H2,3-4H3/q-1. The van der Waals surface area contributed by atoms with Crippen molar-refractivity contribution in [3.8, 4) is 11.5 Å². The second kappa shape index (κ2) is 10.2. The summed E-state index contributed by atoms with van der Waals surface area (Å²) in [5, 5.41) is 24.1. The number of carbonyl (C=O) groups excluding carboxylic acids is 2. The molecule has 39 heavy (non-hydrogen) atoms. The van der Waals surface area contributed by atoms with Gasteiger partial charge >= 0.3 is 5.97 Å². The molecule has 2 aliphatic rings. The van der Waals surface area contributed by atoms with Gasteiger partial charge in [-0.2, -0.15) is 0 Å². The summed E-state index contributed by atoms with van der Waals surface area (Å²) in [7, 11) is 0. The van der Waals surface area contributed by atoms with E-state index in [-0.39, 0.29) is 40.0 Å². The van der Waals surface area contributed by atoms with Crippen LogP contribution in [0.2, 0.25) is 0 Å². The van der Waals surface area contributed by atoms with Crippen LogP contribution in [0.5, 0.6) is 11.5 Å². The number of benzene rings is 3. The molecular formula is C31H30NO7-. The number of fused-ring (bicyclic) bond motifs is 5. The number of allylic oxidation sites excluding steroid dienone is 3. The van der Waals surface area contributed by atoms with Gasteiger partial charge in [-0.1, -0.05) is 55.5 Å². The van der Waals surface area contributed by atoms with E-state index in [1.54, 1.807) is 13.0 Å². The van der Waals surface area contributed by atoms with E-state index in [0.717, 1.165) is 30.1 Å². The molecule has 3 unspecified atom stereocenters. The quantitative estimate of drug-likeness (QED) is 0.0866. The van der Waals surface area contributed by atoms with Gasteiger partial charge in [0.2, 0.25) is 6.79 Å². The zero-order chi connectivity index (χ0) is 27.9. The van der Waals surface area contributed by atoms with Crippen LogP contribution in [0, 0.1) is 16.5 Å². The highest BCUT2D eigenvalue weighted by atomic mass is 16.8. The summed E-state index contributed by atoms with van der Waals surface area (Å²) < 4.78 is 17.2. The van der Waals surface area contributed by atoms with Gasteiger partial charge in [0.05, 0.1) is 11.3 Å². The van der Waals surface area contributed by atoms with Crippen molar-refractivity contribution in [3.63, 3.8) is 0 Å². The minimum Gasteiger partial charge on any atom is -0.733 e. The smallest absolute Gasteiger partial charge is 0.339 e. The molecule has 0 saturated carbocycles. The molecule has 1 N–H and O–H groups in total. The molecule has 0 aromatic heterocycles. The van der Waals surface area contributed by atoms with Crippen molar-refractivity contribution in [2.24, 2.45) is 11.3 Å². The Kier molecular flexibility index (Phi) is 6.92. The number of carbonyl (C=O) groups is 2. The van der Waals surface area contributed by atoms with Crippen LogP contribution in [-0.2, 0) is 9.53 Å². The van der Waals surface area contributed by atoms with E-state index in [1.807, 2.05) is 24.3 Å². The number of hydrogen-bond acceptors (Lipinski definition) is 8. The molecule has 1 heterocycles. The third-order valence-corrected chi connectivity index (χ3v) is 7.81. The monoisotopic (exact) mass is 528 g/mol. The van der Waals surface area contributed by atoms with Crippen LogP contribution in [0.4, 0.5) is 5.69 Å². The highest BCUT2D eigenvalue weighted by Gasteiger charge is 2.38. The van der Waals surface area contributed by atoms with Crippen LogP contribution >= 0.6 is 0 Å². The van der Waals surface area contributed by atoms with E-state index in [0.29, 0.717) is 34.3 Å². The lowest BCUT2D eigenvalue weighted by Crippen LogP contribution is -2.33. The minimum atomic E-state index is -0.683. The Bertz CT molecular complexity index is 1540. The number of nitrogens with zero attached hydrogens (tertiary/aromatic N) is 1. The van der Waals surface area contributed by atoms with Gasteiger partial charge in [0.1, 0.15) is 12.4 Å². The van der Waals surface area contributed by atoms with Gasteiger partial charge in [0.25, 0.3) is 0 Å². The van der Waals surface area contributed by atoms with Gasteiger partial charge in [-0.25, -0.2) is 4.79 Å². The Morgan fingerprint density at radius 3 is 2.79 bits per heavy atom. The van der Waals surface area contributed by atoms with E-state index in [4.69, 9.17) is 14.2 Å². The maximum absolute atomic E-state index is 13.6. The molecule has 1 aliphatic carbocycles. The van der Waals surface area contributed by atoms with Gasteiger partial charge in [-0.15, -0.1) is 6.58 Å². The normalized spacial score (nSPS) is 20.8. The molecule has 1 aliphatic heterocycles. The molecule has 0 saturated heterocycles. The molecule has 3 aromatic rings. The van der Waals surface area contributed by atoms with E-state index < -0.39 is 12.1 Å². The van der Waals surface area contributed by atoms with Gasteiger partial charge in [0, 0.05) is 23.1 Å². The van der Waals surface area contributed by atoms with Crippen molar-refractivity contribution >= 4 is 39.5 Å². The lowest BCUT2D eigenvalue weighted by atomic mass is 9.64. The summed E-state index contributed by atoms with van der Waals surface area (Å²) in [4.78, 5) is 25.3. The first-order valence-corrected chi connectivity index (χ1v) is 12.8. The summed E-state index contributed by atoms with van der Waals surface area (Å²) in [6.07, 6.45) is 6.17. The predicted molar refractivity (Wildman–Crippen MR) is 149 cm³/mol. The first-order chi connectivity index (χ1) is 18.7. The summed E-state index contributed by atoms with van der Waals surface area (Å²) in [5.74, 6) is -0.187. The number of anilines is 1. The third kappa shape index (κ3) is 4.56. The molecule has 5 rings (SSSR count). The first kappa shape index (κ1) is 26.5. The Hall–Kier alpha value is -4.14. The molecular weight excluding hydrogens is 498 g/mol. The topological polar surface area (TPSA) is 108 Å². The third-order valence-electron chi connectivity index (χ3n) is 7.81. The van der Waals surface area contributed by atoms with Gasteiger partial charge in [-0.05, 0) is 53.7 Å². The Morgan fingerprint density at radius 2 is 2.08 bits per heavy atom. The molecule has 0 amide bonds. The highest BCUT2D eigenvalue weighted by Crippen LogP contribution is 2.49.